The minimum absolute atomic E-state index is 0.433. The van der Waals surface area contributed by atoms with E-state index in [9.17, 15) is 4.79 Å². The van der Waals surface area contributed by atoms with Gasteiger partial charge in [0.15, 0.2) is 0 Å². The summed E-state index contributed by atoms with van der Waals surface area (Å²) in [5.74, 6) is -0.0334. The first kappa shape index (κ1) is 8.57. The summed E-state index contributed by atoms with van der Waals surface area (Å²) in [6, 6.07) is 0. The van der Waals surface area contributed by atoms with Crippen molar-refractivity contribution in [2.24, 2.45) is 11.3 Å². The maximum atomic E-state index is 10.8. The summed E-state index contributed by atoms with van der Waals surface area (Å²) >= 11 is 0. The van der Waals surface area contributed by atoms with Crippen molar-refractivity contribution in [3.63, 3.8) is 0 Å². The molecule has 1 rings (SSSR count). The lowest BCUT2D eigenvalue weighted by molar-refractivity contribution is -0.150. The fourth-order valence-electron chi connectivity index (χ4n) is 2.01. The Bertz CT molecular complexity index is 165. The molecule has 0 aromatic rings. The van der Waals surface area contributed by atoms with Crippen LogP contribution in [0.5, 0.6) is 0 Å². The van der Waals surface area contributed by atoms with Gasteiger partial charge < -0.3 is 5.11 Å². The lowest BCUT2D eigenvalue weighted by atomic mass is 9.71. The molecule has 1 aliphatic carbocycles. The third-order valence-electron chi connectivity index (χ3n) is 2.74. The van der Waals surface area contributed by atoms with Gasteiger partial charge in [-0.05, 0) is 25.7 Å². The van der Waals surface area contributed by atoms with Crippen LogP contribution in [-0.4, -0.2) is 11.1 Å². The number of hydrogen-bond donors (Lipinski definition) is 1. The highest BCUT2D eigenvalue weighted by molar-refractivity contribution is 5.74. The smallest absolute Gasteiger partial charge is 0.309 e. The van der Waals surface area contributed by atoms with Crippen molar-refractivity contribution in [3.05, 3.63) is 0 Å². The molecule has 0 amide bonds. The molecule has 2 nitrogen and oxygen atoms in total. The third kappa shape index (κ3) is 1.73. The van der Waals surface area contributed by atoms with E-state index >= 15 is 0 Å². The fourth-order valence-corrected chi connectivity index (χ4v) is 2.01. The van der Waals surface area contributed by atoms with Gasteiger partial charge in [-0.2, -0.15) is 0 Å². The van der Waals surface area contributed by atoms with Gasteiger partial charge in [-0.3, -0.25) is 4.79 Å². The second-order valence-corrected chi connectivity index (χ2v) is 4.07. The highest BCUT2D eigenvalue weighted by atomic mass is 16.4. The van der Waals surface area contributed by atoms with Gasteiger partial charge in [-0.1, -0.05) is 19.8 Å². The lowest BCUT2D eigenvalue weighted by Gasteiger charge is -2.32. The van der Waals surface area contributed by atoms with E-state index in [1.54, 1.807) is 0 Å². The van der Waals surface area contributed by atoms with E-state index in [1.807, 2.05) is 6.92 Å². The van der Waals surface area contributed by atoms with Crippen LogP contribution in [0.1, 0.15) is 39.5 Å². The number of carboxylic acids is 1. The molecular weight excluding hydrogens is 140 g/mol. The van der Waals surface area contributed by atoms with Gasteiger partial charge in [-0.15, -0.1) is 0 Å². The summed E-state index contributed by atoms with van der Waals surface area (Å²) in [6.07, 6.45) is 3.97. The highest BCUT2D eigenvalue weighted by Gasteiger charge is 2.36. The molecule has 0 aliphatic heterocycles. The Kier molecular flexibility index (Phi) is 2.21. The normalized spacial score (nSPS) is 38.5. The van der Waals surface area contributed by atoms with Crippen LogP contribution >= 0.6 is 0 Å². The van der Waals surface area contributed by atoms with Crippen LogP contribution in [-0.2, 0) is 4.79 Å². The summed E-state index contributed by atoms with van der Waals surface area (Å²) in [5.41, 5.74) is -0.433. The minimum atomic E-state index is -0.621. The second kappa shape index (κ2) is 2.84. The van der Waals surface area contributed by atoms with Crippen molar-refractivity contribution in [2.45, 2.75) is 39.5 Å². The summed E-state index contributed by atoms with van der Waals surface area (Å²) in [7, 11) is 0. The average molecular weight is 156 g/mol. The predicted molar refractivity (Wildman–Crippen MR) is 43.4 cm³/mol. The Morgan fingerprint density at radius 2 is 2.27 bits per heavy atom. The van der Waals surface area contributed by atoms with E-state index < -0.39 is 11.4 Å². The molecule has 2 unspecified atom stereocenters. The summed E-state index contributed by atoms with van der Waals surface area (Å²) in [5, 5.41) is 8.92. The largest absolute Gasteiger partial charge is 0.481 e. The molecule has 1 N–H and O–H groups in total. The highest BCUT2D eigenvalue weighted by Crippen LogP contribution is 2.38. The van der Waals surface area contributed by atoms with Crippen LogP contribution in [0.4, 0.5) is 0 Å². The maximum absolute atomic E-state index is 10.8. The average Bonchev–Trinajstić information content (AvgIpc) is 1.86. The van der Waals surface area contributed by atoms with E-state index in [-0.39, 0.29) is 0 Å². The van der Waals surface area contributed by atoms with Crippen LogP contribution in [0.3, 0.4) is 0 Å². The Balaban J connectivity index is 2.63. The summed E-state index contributed by atoms with van der Waals surface area (Å²) < 4.78 is 0. The van der Waals surface area contributed by atoms with Crippen LogP contribution in [0.15, 0.2) is 0 Å². The van der Waals surface area contributed by atoms with Crippen molar-refractivity contribution >= 4 is 5.97 Å². The molecule has 0 aromatic heterocycles. The number of hydrogen-bond acceptors (Lipinski definition) is 1. The molecular formula is C9H16O2. The summed E-state index contributed by atoms with van der Waals surface area (Å²) in [6.45, 7) is 4.01. The van der Waals surface area contributed by atoms with Gasteiger partial charge in [0.05, 0.1) is 5.41 Å². The number of rotatable bonds is 1. The van der Waals surface area contributed by atoms with Crippen molar-refractivity contribution in [1.82, 2.24) is 0 Å². The van der Waals surface area contributed by atoms with Crippen LogP contribution in [0.25, 0.3) is 0 Å². The lowest BCUT2D eigenvalue weighted by Crippen LogP contribution is -2.32. The fraction of sp³-hybridized carbons (Fsp3) is 0.889. The van der Waals surface area contributed by atoms with Crippen LogP contribution in [0.2, 0.25) is 0 Å². The van der Waals surface area contributed by atoms with Crippen molar-refractivity contribution < 1.29 is 9.90 Å². The molecule has 1 aliphatic rings. The third-order valence-corrected chi connectivity index (χ3v) is 2.74. The topological polar surface area (TPSA) is 37.3 Å². The van der Waals surface area contributed by atoms with E-state index in [4.69, 9.17) is 5.11 Å². The van der Waals surface area contributed by atoms with E-state index in [0.717, 1.165) is 19.3 Å². The quantitative estimate of drug-likeness (QED) is 0.632. The van der Waals surface area contributed by atoms with Gasteiger partial charge in [0, 0.05) is 0 Å². The first-order chi connectivity index (χ1) is 5.04. The maximum Gasteiger partial charge on any atom is 0.309 e. The molecule has 0 saturated heterocycles. The Morgan fingerprint density at radius 1 is 1.64 bits per heavy atom. The molecule has 0 spiro atoms. The summed E-state index contributed by atoms with van der Waals surface area (Å²) in [4.78, 5) is 10.8. The van der Waals surface area contributed by atoms with Crippen LogP contribution < -0.4 is 0 Å². The van der Waals surface area contributed by atoms with E-state index in [1.165, 1.54) is 6.42 Å². The Labute approximate surface area is 67.6 Å². The SMILES string of the molecule is CC1CCCC(C)(C(=O)O)C1. The van der Waals surface area contributed by atoms with Crippen molar-refractivity contribution in [2.75, 3.05) is 0 Å². The standard InChI is InChI=1S/C9H16O2/c1-7-4-3-5-9(2,6-7)8(10)11/h7H,3-6H2,1-2H3,(H,10,11). The molecule has 0 radical (unpaired) electrons. The molecule has 1 saturated carbocycles. The zero-order chi connectivity index (χ0) is 8.48. The molecule has 2 atom stereocenters. The van der Waals surface area contributed by atoms with Gasteiger partial charge in [0.2, 0.25) is 0 Å². The Hall–Kier alpha value is -0.530. The van der Waals surface area contributed by atoms with E-state index in [0.29, 0.717) is 5.92 Å². The van der Waals surface area contributed by atoms with Gasteiger partial charge in [-0.25, -0.2) is 0 Å². The van der Waals surface area contributed by atoms with Gasteiger partial charge in [0.25, 0.3) is 0 Å². The molecule has 11 heavy (non-hydrogen) atoms. The monoisotopic (exact) mass is 156 g/mol. The van der Waals surface area contributed by atoms with Gasteiger partial charge >= 0.3 is 5.97 Å². The number of carboxylic acid groups (broad SMARTS) is 1. The molecule has 2 heteroatoms. The predicted octanol–water partition coefficient (Wildman–Crippen LogP) is 2.29. The van der Waals surface area contributed by atoms with Gasteiger partial charge in [0.1, 0.15) is 0 Å². The Morgan fingerprint density at radius 3 is 2.64 bits per heavy atom. The molecule has 0 heterocycles. The zero-order valence-electron chi connectivity index (χ0n) is 7.26. The minimum Gasteiger partial charge on any atom is -0.481 e. The first-order valence-electron chi connectivity index (χ1n) is 4.28. The second-order valence-electron chi connectivity index (χ2n) is 4.07. The van der Waals surface area contributed by atoms with E-state index in [2.05, 4.69) is 6.92 Å². The molecule has 0 aromatic carbocycles. The molecule has 64 valence electrons. The first-order valence-corrected chi connectivity index (χ1v) is 4.28. The number of aliphatic carboxylic acids is 1. The van der Waals surface area contributed by atoms with Crippen LogP contribution in [0, 0.1) is 11.3 Å². The number of carbonyl (C=O) groups is 1. The zero-order valence-corrected chi connectivity index (χ0v) is 7.26. The van der Waals surface area contributed by atoms with Crippen molar-refractivity contribution in [3.8, 4) is 0 Å². The molecule has 0 bridgehead atoms. The van der Waals surface area contributed by atoms with Crippen molar-refractivity contribution in [1.29, 1.82) is 0 Å². The molecule has 1 fully saturated rings.